The number of halogens is 1. The Morgan fingerprint density at radius 1 is 1.16 bits per heavy atom. The lowest BCUT2D eigenvalue weighted by molar-refractivity contribution is 0.115. The zero-order valence-corrected chi connectivity index (χ0v) is 12.3. The summed E-state index contributed by atoms with van der Waals surface area (Å²) in [5.74, 6) is 0.837. The van der Waals surface area contributed by atoms with Crippen LogP contribution in [0.2, 0.25) is 0 Å². The summed E-state index contributed by atoms with van der Waals surface area (Å²) in [5.41, 5.74) is 2.12. The minimum atomic E-state index is -0.576. The fraction of sp³-hybridized carbons (Fsp3) is 0.200. The maximum Gasteiger partial charge on any atom is 0.195 e. The van der Waals surface area contributed by atoms with Crippen LogP contribution >= 0.6 is 15.9 Å². The topological polar surface area (TPSA) is 34.5 Å². The molecule has 0 aliphatic carbocycles. The third kappa shape index (κ3) is 2.40. The van der Waals surface area contributed by atoms with Gasteiger partial charge in [-0.25, -0.2) is 4.99 Å². The molecular formula is C15H13BrN2O. The highest BCUT2D eigenvalue weighted by Crippen LogP contribution is 2.33. The number of rotatable bonds is 1. The lowest BCUT2D eigenvalue weighted by atomic mass is 10.0. The Kier molecular flexibility index (Phi) is 2.90. The molecule has 1 aliphatic heterocycles. The van der Waals surface area contributed by atoms with Gasteiger partial charge in [-0.15, -0.1) is 0 Å². The number of aromatic nitrogens is 1. The molecule has 3 nitrogen and oxygen atoms in total. The number of fused-ring (bicyclic) bond motifs is 1. The van der Waals surface area contributed by atoms with E-state index in [0.29, 0.717) is 0 Å². The molecule has 0 fully saturated rings. The van der Waals surface area contributed by atoms with Gasteiger partial charge in [-0.1, -0.05) is 22.0 Å². The normalized spacial score (nSPS) is 16.3. The van der Waals surface area contributed by atoms with Gasteiger partial charge >= 0.3 is 0 Å². The quantitative estimate of drug-likeness (QED) is 0.801. The van der Waals surface area contributed by atoms with Crippen molar-refractivity contribution in [1.29, 1.82) is 0 Å². The van der Waals surface area contributed by atoms with Gasteiger partial charge in [0, 0.05) is 16.2 Å². The summed E-state index contributed by atoms with van der Waals surface area (Å²) in [7, 11) is 0. The van der Waals surface area contributed by atoms with Gasteiger partial charge in [0.05, 0.1) is 11.4 Å². The average Bonchev–Trinajstić information content (AvgIpc) is 2.39. The molecule has 0 unspecified atom stereocenters. The van der Waals surface area contributed by atoms with E-state index in [1.807, 2.05) is 50.2 Å². The molecule has 0 radical (unpaired) electrons. The minimum absolute atomic E-state index is 0.576. The summed E-state index contributed by atoms with van der Waals surface area (Å²) < 4.78 is 6.89. The molecule has 3 rings (SSSR count). The van der Waals surface area contributed by atoms with Crippen LogP contribution in [0.1, 0.15) is 25.1 Å². The summed E-state index contributed by atoms with van der Waals surface area (Å²) in [6.45, 7) is 3.89. The maximum atomic E-state index is 5.89. The van der Waals surface area contributed by atoms with E-state index >= 15 is 0 Å². The number of aliphatic imine (C=N–C) groups is 1. The highest BCUT2D eigenvalue weighted by molar-refractivity contribution is 9.10. The molecule has 2 aromatic rings. The molecule has 2 heterocycles. The fourth-order valence-electron chi connectivity index (χ4n) is 2.10. The Labute approximate surface area is 120 Å². The van der Waals surface area contributed by atoms with Gasteiger partial charge < -0.3 is 4.74 Å². The number of ether oxygens (including phenoxy) is 1. The number of hydrogen-bond acceptors (Lipinski definition) is 3. The van der Waals surface area contributed by atoms with Crippen LogP contribution in [0.4, 0.5) is 0 Å². The Balaban J connectivity index is 2.21. The average molecular weight is 317 g/mol. The first-order valence-corrected chi connectivity index (χ1v) is 6.85. The molecule has 0 saturated carbocycles. The molecule has 0 N–H and O–H groups in total. The number of pyridine rings is 1. The van der Waals surface area contributed by atoms with Crippen molar-refractivity contribution in [3.05, 3.63) is 58.3 Å². The Morgan fingerprint density at radius 3 is 2.74 bits per heavy atom. The van der Waals surface area contributed by atoms with Gasteiger partial charge in [0.1, 0.15) is 5.75 Å². The summed E-state index contributed by atoms with van der Waals surface area (Å²) in [6.07, 6.45) is 1.78. The molecule has 1 aromatic carbocycles. The summed E-state index contributed by atoms with van der Waals surface area (Å²) in [6, 6.07) is 11.8. The highest BCUT2D eigenvalue weighted by Gasteiger charge is 2.29. The molecule has 0 bridgehead atoms. The molecule has 0 amide bonds. The van der Waals surface area contributed by atoms with E-state index in [9.17, 15) is 0 Å². The van der Waals surface area contributed by atoms with Crippen molar-refractivity contribution < 1.29 is 4.74 Å². The largest absolute Gasteiger partial charge is 0.466 e. The maximum absolute atomic E-state index is 5.89. The molecule has 1 aliphatic rings. The highest BCUT2D eigenvalue weighted by atomic mass is 79.9. The van der Waals surface area contributed by atoms with Crippen molar-refractivity contribution in [2.75, 3.05) is 0 Å². The molecule has 0 atom stereocenters. The van der Waals surface area contributed by atoms with Crippen LogP contribution in [-0.4, -0.2) is 16.4 Å². The zero-order valence-electron chi connectivity index (χ0n) is 10.7. The molecular weight excluding hydrogens is 304 g/mol. The van der Waals surface area contributed by atoms with Crippen LogP contribution in [0.15, 0.2) is 52.1 Å². The SMILES string of the molecule is CC1(C)N=C(c2ccccn2)c2cc(Br)ccc2O1. The number of benzene rings is 1. The first kappa shape index (κ1) is 12.4. The zero-order chi connectivity index (χ0) is 13.5. The van der Waals surface area contributed by atoms with Crippen LogP contribution in [0.25, 0.3) is 0 Å². The third-order valence-electron chi connectivity index (χ3n) is 2.85. The van der Waals surface area contributed by atoms with E-state index in [1.54, 1.807) is 6.20 Å². The van der Waals surface area contributed by atoms with Crippen LogP contribution in [0, 0.1) is 0 Å². The van der Waals surface area contributed by atoms with E-state index in [0.717, 1.165) is 27.2 Å². The second-order valence-electron chi connectivity index (χ2n) is 4.86. The van der Waals surface area contributed by atoms with Gasteiger partial charge in [-0.2, -0.15) is 0 Å². The van der Waals surface area contributed by atoms with Gasteiger partial charge in [0.2, 0.25) is 0 Å². The van der Waals surface area contributed by atoms with E-state index in [4.69, 9.17) is 4.74 Å². The monoisotopic (exact) mass is 316 g/mol. The number of nitrogens with zero attached hydrogens (tertiary/aromatic N) is 2. The van der Waals surface area contributed by atoms with Gasteiger partial charge in [-0.05, 0) is 44.2 Å². The van der Waals surface area contributed by atoms with Crippen molar-refractivity contribution in [2.24, 2.45) is 4.99 Å². The summed E-state index contributed by atoms with van der Waals surface area (Å²) in [5, 5.41) is 0. The first-order chi connectivity index (χ1) is 9.05. The molecule has 96 valence electrons. The van der Waals surface area contributed by atoms with Crippen molar-refractivity contribution in [1.82, 2.24) is 4.98 Å². The second kappa shape index (κ2) is 4.46. The summed E-state index contributed by atoms with van der Waals surface area (Å²) in [4.78, 5) is 9.07. The molecule has 0 saturated heterocycles. The Morgan fingerprint density at radius 2 is 2.00 bits per heavy atom. The van der Waals surface area contributed by atoms with E-state index in [2.05, 4.69) is 25.9 Å². The Bertz CT molecular complexity index is 650. The van der Waals surface area contributed by atoms with Gasteiger partial charge in [0.25, 0.3) is 0 Å². The van der Waals surface area contributed by atoms with E-state index in [-0.39, 0.29) is 0 Å². The van der Waals surface area contributed by atoms with Crippen LogP contribution in [0.3, 0.4) is 0 Å². The van der Waals surface area contributed by atoms with Crippen molar-refractivity contribution in [2.45, 2.75) is 19.6 Å². The molecule has 4 heteroatoms. The lowest BCUT2D eigenvalue weighted by Gasteiger charge is -2.30. The predicted octanol–water partition coefficient (Wildman–Crippen LogP) is 3.81. The molecule has 1 aromatic heterocycles. The molecule has 19 heavy (non-hydrogen) atoms. The van der Waals surface area contributed by atoms with Gasteiger partial charge in [0.15, 0.2) is 5.72 Å². The van der Waals surface area contributed by atoms with E-state index in [1.165, 1.54) is 0 Å². The third-order valence-corrected chi connectivity index (χ3v) is 3.34. The van der Waals surface area contributed by atoms with Crippen molar-refractivity contribution in [3.8, 4) is 5.75 Å². The van der Waals surface area contributed by atoms with Crippen LogP contribution < -0.4 is 4.74 Å². The van der Waals surface area contributed by atoms with Crippen molar-refractivity contribution in [3.63, 3.8) is 0 Å². The summed E-state index contributed by atoms with van der Waals surface area (Å²) >= 11 is 3.49. The molecule has 0 spiro atoms. The minimum Gasteiger partial charge on any atom is -0.466 e. The first-order valence-electron chi connectivity index (χ1n) is 6.05. The van der Waals surface area contributed by atoms with E-state index < -0.39 is 5.72 Å². The van der Waals surface area contributed by atoms with Gasteiger partial charge in [-0.3, -0.25) is 4.98 Å². The number of hydrogen-bond donors (Lipinski definition) is 0. The smallest absolute Gasteiger partial charge is 0.195 e. The predicted molar refractivity (Wildman–Crippen MR) is 78.7 cm³/mol. The lowest BCUT2D eigenvalue weighted by Crippen LogP contribution is -2.32. The van der Waals surface area contributed by atoms with Crippen molar-refractivity contribution >= 4 is 21.6 Å². The standard InChI is InChI=1S/C15H13BrN2O/c1-15(2)18-14(12-5-3-4-8-17-12)11-9-10(16)6-7-13(11)19-15/h3-9H,1-2H3. The van der Waals surface area contributed by atoms with Crippen LogP contribution in [-0.2, 0) is 0 Å². The second-order valence-corrected chi connectivity index (χ2v) is 5.78. The fourth-order valence-corrected chi connectivity index (χ4v) is 2.46. The Hall–Kier alpha value is -1.68. The van der Waals surface area contributed by atoms with Crippen LogP contribution in [0.5, 0.6) is 5.75 Å².